The van der Waals surface area contributed by atoms with Gasteiger partial charge in [0.1, 0.15) is 6.04 Å². The van der Waals surface area contributed by atoms with Crippen molar-refractivity contribution in [1.29, 1.82) is 0 Å². The lowest BCUT2D eigenvalue weighted by molar-refractivity contribution is -0.128. The molecule has 5 nitrogen and oxygen atoms in total. The van der Waals surface area contributed by atoms with Crippen LogP contribution in [-0.2, 0) is 9.59 Å². The Kier molecular flexibility index (Phi) is 4.93. The number of hydrogen-bond donors (Lipinski definition) is 2. The predicted octanol–water partition coefficient (Wildman–Crippen LogP) is 0.239. The molecule has 0 radical (unpaired) electrons. The van der Waals surface area contributed by atoms with E-state index in [1.54, 1.807) is 6.92 Å². The van der Waals surface area contributed by atoms with Crippen LogP contribution in [0.15, 0.2) is 0 Å². The fourth-order valence-corrected chi connectivity index (χ4v) is 2.31. The van der Waals surface area contributed by atoms with E-state index in [1.807, 2.05) is 0 Å². The maximum absolute atomic E-state index is 11.8. The van der Waals surface area contributed by atoms with Gasteiger partial charge in [0.2, 0.25) is 11.8 Å². The highest BCUT2D eigenvalue weighted by Gasteiger charge is 2.26. The molecule has 2 amide bonds. The quantitative estimate of drug-likeness (QED) is 0.740. The highest BCUT2D eigenvalue weighted by atomic mass is 16.2. The molecule has 1 heterocycles. The zero-order chi connectivity index (χ0) is 13.0. The van der Waals surface area contributed by atoms with Crippen LogP contribution in [0.1, 0.15) is 40.0 Å². The van der Waals surface area contributed by atoms with Gasteiger partial charge in [-0.15, -0.1) is 0 Å². The molecule has 98 valence electrons. The monoisotopic (exact) mass is 241 g/mol. The van der Waals surface area contributed by atoms with Gasteiger partial charge in [0, 0.05) is 12.1 Å². The highest BCUT2D eigenvalue weighted by molar-refractivity contribution is 5.87. The van der Waals surface area contributed by atoms with Gasteiger partial charge >= 0.3 is 0 Å². The second kappa shape index (κ2) is 6.00. The molecule has 1 aliphatic heterocycles. The van der Waals surface area contributed by atoms with Crippen LogP contribution in [0.3, 0.4) is 0 Å². The Morgan fingerprint density at radius 1 is 1.35 bits per heavy atom. The van der Waals surface area contributed by atoms with Crippen molar-refractivity contribution in [2.24, 2.45) is 5.73 Å². The third-order valence-corrected chi connectivity index (χ3v) is 3.51. The maximum Gasteiger partial charge on any atom is 0.239 e. The minimum atomic E-state index is -0.599. The molecule has 1 saturated heterocycles. The largest absolute Gasteiger partial charge is 0.368 e. The highest BCUT2D eigenvalue weighted by Crippen LogP contribution is 2.21. The van der Waals surface area contributed by atoms with Gasteiger partial charge in [-0.2, -0.15) is 0 Å². The van der Waals surface area contributed by atoms with E-state index in [0.717, 1.165) is 12.8 Å². The molecule has 1 aliphatic rings. The van der Waals surface area contributed by atoms with Gasteiger partial charge in [0.15, 0.2) is 0 Å². The zero-order valence-corrected chi connectivity index (χ0v) is 10.9. The van der Waals surface area contributed by atoms with Crippen molar-refractivity contribution in [2.45, 2.75) is 58.2 Å². The summed E-state index contributed by atoms with van der Waals surface area (Å²) in [5, 5.41) is 2.61. The number of carbonyl (C=O) groups is 2. The number of hydrogen-bond acceptors (Lipinski definition) is 3. The number of piperidine rings is 1. The number of primary amides is 1. The number of rotatable bonds is 4. The van der Waals surface area contributed by atoms with Crippen molar-refractivity contribution in [3.63, 3.8) is 0 Å². The number of nitrogens with zero attached hydrogens (tertiary/aromatic N) is 1. The van der Waals surface area contributed by atoms with Crippen LogP contribution in [0.4, 0.5) is 0 Å². The molecule has 0 spiro atoms. The lowest BCUT2D eigenvalue weighted by Gasteiger charge is -2.38. The summed E-state index contributed by atoms with van der Waals surface area (Å²) in [5.74, 6) is -0.630. The van der Waals surface area contributed by atoms with Crippen LogP contribution in [0.5, 0.6) is 0 Å². The van der Waals surface area contributed by atoms with Gasteiger partial charge in [0.05, 0.1) is 6.54 Å². The summed E-state index contributed by atoms with van der Waals surface area (Å²) in [5.41, 5.74) is 5.10. The topological polar surface area (TPSA) is 75.4 Å². The van der Waals surface area contributed by atoms with Crippen LogP contribution in [0, 0.1) is 0 Å². The van der Waals surface area contributed by atoms with Crippen molar-refractivity contribution >= 4 is 11.8 Å². The Morgan fingerprint density at radius 3 is 2.35 bits per heavy atom. The summed E-state index contributed by atoms with van der Waals surface area (Å²) in [4.78, 5) is 24.8. The molecule has 0 saturated carbocycles. The van der Waals surface area contributed by atoms with Gasteiger partial charge < -0.3 is 11.1 Å². The Bertz CT molecular complexity index is 283. The van der Waals surface area contributed by atoms with Gasteiger partial charge in [-0.3, -0.25) is 14.5 Å². The molecule has 3 atom stereocenters. The van der Waals surface area contributed by atoms with E-state index >= 15 is 0 Å². The minimum absolute atomic E-state index is 0.128. The maximum atomic E-state index is 11.8. The van der Waals surface area contributed by atoms with Crippen LogP contribution >= 0.6 is 0 Å². The van der Waals surface area contributed by atoms with Gasteiger partial charge in [-0.1, -0.05) is 6.42 Å². The lowest BCUT2D eigenvalue weighted by atomic mass is 9.97. The fraction of sp³-hybridized carbons (Fsp3) is 0.833. The molecular weight excluding hydrogens is 218 g/mol. The first-order chi connectivity index (χ1) is 7.91. The minimum Gasteiger partial charge on any atom is -0.368 e. The molecule has 0 aromatic rings. The molecule has 0 aromatic heterocycles. The first-order valence-corrected chi connectivity index (χ1v) is 6.26. The lowest BCUT2D eigenvalue weighted by Crippen LogP contribution is -2.51. The standard InChI is InChI=1S/C12H23N3O2/c1-8-5-4-6-9(2)15(8)7-11(16)14-10(3)12(13)17/h8-10H,4-7H2,1-3H3,(H2,13,17)(H,14,16). The molecule has 3 N–H and O–H groups in total. The van der Waals surface area contributed by atoms with E-state index in [4.69, 9.17) is 5.73 Å². The third kappa shape index (κ3) is 4.00. The molecule has 0 aliphatic carbocycles. The van der Waals surface area contributed by atoms with E-state index in [2.05, 4.69) is 24.1 Å². The van der Waals surface area contributed by atoms with E-state index in [-0.39, 0.29) is 5.91 Å². The van der Waals surface area contributed by atoms with Crippen LogP contribution in [-0.4, -0.2) is 41.4 Å². The summed E-state index contributed by atoms with van der Waals surface area (Å²) in [7, 11) is 0. The van der Waals surface area contributed by atoms with Crippen molar-refractivity contribution in [1.82, 2.24) is 10.2 Å². The molecule has 5 heteroatoms. The average Bonchev–Trinajstić information content (AvgIpc) is 2.23. The SMILES string of the molecule is CC(NC(=O)CN1C(C)CCCC1C)C(N)=O. The van der Waals surface area contributed by atoms with E-state index in [1.165, 1.54) is 6.42 Å². The predicted molar refractivity (Wildman–Crippen MR) is 66.3 cm³/mol. The molecule has 0 bridgehead atoms. The number of nitrogens with one attached hydrogen (secondary N) is 1. The van der Waals surface area contributed by atoms with E-state index in [0.29, 0.717) is 18.6 Å². The first kappa shape index (κ1) is 14.0. The number of likely N-dealkylation sites (tertiary alicyclic amines) is 1. The first-order valence-electron chi connectivity index (χ1n) is 6.26. The number of carbonyl (C=O) groups excluding carboxylic acids is 2. The summed E-state index contributed by atoms with van der Waals surface area (Å²) in [6.07, 6.45) is 3.48. The Balaban J connectivity index is 2.46. The fourth-order valence-electron chi connectivity index (χ4n) is 2.31. The summed E-state index contributed by atoms with van der Waals surface area (Å²) >= 11 is 0. The number of amides is 2. The molecule has 0 aromatic carbocycles. The smallest absolute Gasteiger partial charge is 0.239 e. The van der Waals surface area contributed by atoms with E-state index < -0.39 is 11.9 Å². The van der Waals surface area contributed by atoms with E-state index in [9.17, 15) is 9.59 Å². The van der Waals surface area contributed by atoms with Crippen molar-refractivity contribution < 1.29 is 9.59 Å². The normalized spacial score (nSPS) is 27.5. The summed E-state index contributed by atoms with van der Waals surface area (Å²) in [6.45, 7) is 6.23. The Labute approximate surface area is 103 Å². The second-order valence-electron chi connectivity index (χ2n) is 4.99. The van der Waals surface area contributed by atoms with Gasteiger partial charge in [-0.25, -0.2) is 0 Å². The van der Waals surface area contributed by atoms with Crippen molar-refractivity contribution in [2.75, 3.05) is 6.54 Å². The second-order valence-corrected chi connectivity index (χ2v) is 4.99. The van der Waals surface area contributed by atoms with Crippen LogP contribution in [0.2, 0.25) is 0 Å². The van der Waals surface area contributed by atoms with Crippen LogP contribution < -0.4 is 11.1 Å². The molecule has 1 fully saturated rings. The average molecular weight is 241 g/mol. The molecular formula is C12H23N3O2. The van der Waals surface area contributed by atoms with Crippen molar-refractivity contribution in [3.05, 3.63) is 0 Å². The van der Waals surface area contributed by atoms with Crippen molar-refractivity contribution in [3.8, 4) is 0 Å². The summed E-state index contributed by atoms with van der Waals surface area (Å²) in [6, 6.07) is 0.250. The van der Waals surface area contributed by atoms with Crippen LogP contribution in [0.25, 0.3) is 0 Å². The number of nitrogens with two attached hydrogens (primary N) is 1. The van der Waals surface area contributed by atoms with Gasteiger partial charge in [-0.05, 0) is 33.6 Å². The third-order valence-electron chi connectivity index (χ3n) is 3.51. The Morgan fingerprint density at radius 2 is 1.88 bits per heavy atom. The Hall–Kier alpha value is -1.10. The molecule has 3 unspecified atom stereocenters. The zero-order valence-electron chi connectivity index (χ0n) is 10.9. The van der Waals surface area contributed by atoms with Gasteiger partial charge in [0.25, 0.3) is 0 Å². The molecule has 1 rings (SSSR count). The summed E-state index contributed by atoms with van der Waals surface area (Å²) < 4.78 is 0. The molecule has 17 heavy (non-hydrogen) atoms.